The zero-order chi connectivity index (χ0) is 13.8. The number of hydrogen-bond acceptors (Lipinski definition) is 5. The summed E-state index contributed by atoms with van der Waals surface area (Å²) in [5.41, 5.74) is 11.6. The molecule has 1 saturated heterocycles. The Labute approximate surface area is 113 Å². The van der Waals surface area contributed by atoms with Crippen molar-refractivity contribution in [2.75, 3.05) is 43.4 Å². The standard InChI is InChI=1S/C13H21N5O/c1-10(13(15)19)9-17-4-6-18(7-5-17)12-3-2-11(14)8-16-12/h2-3,8,10H,4-7,9,14H2,1H3,(H2,15,19). The van der Waals surface area contributed by atoms with E-state index in [1.165, 1.54) is 0 Å². The highest BCUT2D eigenvalue weighted by Gasteiger charge is 2.20. The highest BCUT2D eigenvalue weighted by molar-refractivity contribution is 5.76. The van der Waals surface area contributed by atoms with Crippen LogP contribution in [0, 0.1) is 5.92 Å². The van der Waals surface area contributed by atoms with Crippen molar-refractivity contribution in [3.05, 3.63) is 18.3 Å². The maximum atomic E-state index is 11.1. The minimum atomic E-state index is -0.234. The first-order valence-electron chi connectivity index (χ1n) is 6.54. The van der Waals surface area contributed by atoms with Crippen LogP contribution in [0.4, 0.5) is 11.5 Å². The zero-order valence-corrected chi connectivity index (χ0v) is 11.2. The Morgan fingerprint density at radius 1 is 1.37 bits per heavy atom. The van der Waals surface area contributed by atoms with Gasteiger partial charge in [-0.05, 0) is 12.1 Å². The van der Waals surface area contributed by atoms with Gasteiger partial charge in [0.1, 0.15) is 5.82 Å². The van der Waals surface area contributed by atoms with Crippen molar-refractivity contribution >= 4 is 17.4 Å². The summed E-state index contributed by atoms with van der Waals surface area (Å²) in [7, 11) is 0. The molecule has 4 N–H and O–H groups in total. The predicted molar refractivity (Wildman–Crippen MR) is 75.7 cm³/mol. The summed E-state index contributed by atoms with van der Waals surface area (Å²) in [6.07, 6.45) is 1.68. The third-order valence-electron chi connectivity index (χ3n) is 3.48. The molecule has 19 heavy (non-hydrogen) atoms. The van der Waals surface area contributed by atoms with Crippen LogP contribution < -0.4 is 16.4 Å². The molecule has 1 aromatic heterocycles. The van der Waals surface area contributed by atoms with E-state index in [-0.39, 0.29) is 11.8 Å². The van der Waals surface area contributed by atoms with Crippen LogP contribution in [0.1, 0.15) is 6.92 Å². The van der Waals surface area contributed by atoms with E-state index in [1.807, 2.05) is 19.1 Å². The lowest BCUT2D eigenvalue weighted by molar-refractivity contribution is -0.121. The summed E-state index contributed by atoms with van der Waals surface area (Å²) < 4.78 is 0. The molecular formula is C13H21N5O. The minimum Gasteiger partial charge on any atom is -0.397 e. The molecule has 2 rings (SSSR count). The van der Waals surface area contributed by atoms with Crippen LogP contribution in [0.5, 0.6) is 0 Å². The monoisotopic (exact) mass is 263 g/mol. The molecule has 0 bridgehead atoms. The van der Waals surface area contributed by atoms with Crippen molar-refractivity contribution in [3.8, 4) is 0 Å². The Bertz CT molecular complexity index is 425. The number of rotatable bonds is 4. The number of nitrogen functional groups attached to an aromatic ring is 1. The fourth-order valence-electron chi connectivity index (χ4n) is 2.22. The van der Waals surface area contributed by atoms with Gasteiger partial charge < -0.3 is 16.4 Å². The normalized spacial score (nSPS) is 18.3. The van der Waals surface area contributed by atoms with Gasteiger partial charge in [-0.1, -0.05) is 6.92 Å². The summed E-state index contributed by atoms with van der Waals surface area (Å²) in [4.78, 5) is 19.9. The van der Waals surface area contributed by atoms with Gasteiger partial charge in [0.05, 0.1) is 11.9 Å². The quantitative estimate of drug-likeness (QED) is 0.792. The van der Waals surface area contributed by atoms with Crippen LogP contribution >= 0.6 is 0 Å². The number of piperazine rings is 1. The van der Waals surface area contributed by atoms with Gasteiger partial charge in [0.15, 0.2) is 0 Å². The minimum absolute atomic E-state index is 0.0961. The molecule has 0 aromatic carbocycles. The Morgan fingerprint density at radius 3 is 2.58 bits per heavy atom. The number of carbonyl (C=O) groups excluding carboxylic acids is 1. The van der Waals surface area contributed by atoms with Crippen LogP contribution in [0.15, 0.2) is 18.3 Å². The van der Waals surface area contributed by atoms with E-state index in [0.29, 0.717) is 5.69 Å². The number of aromatic nitrogens is 1. The van der Waals surface area contributed by atoms with Gasteiger partial charge in [0, 0.05) is 38.6 Å². The van der Waals surface area contributed by atoms with Crippen molar-refractivity contribution in [2.45, 2.75) is 6.92 Å². The van der Waals surface area contributed by atoms with Gasteiger partial charge in [-0.15, -0.1) is 0 Å². The second-order valence-electron chi connectivity index (χ2n) is 5.04. The molecule has 0 spiro atoms. The summed E-state index contributed by atoms with van der Waals surface area (Å²) in [6, 6.07) is 3.81. The van der Waals surface area contributed by atoms with Gasteiger partial charge in [-0.2, -0.15) is 0 Å². The van der Waals surface area contributed by atoms with E-state index in [2.05, 4.69) is 14.8 Å². The largest absolute Gasteiger partial charge is 0.397 e. The van der Waals surface area contributed by atoms with Crippen LogP contribution in [0.3, 0.4) is 0 Å². The van der Waals surface area contributed by atoms with E-state index in [1.54, 1.807) is 6.20 Å². The average Bonchev–Trinajstić information content (AvgIpc) is 2.40. The second kappa shape index (κ2) is 5.88. The molecule has 6 heteroatoms. The SMILES string of the molecule is CC(CN1CCN(c2ccc(N)cn2)CC1)C(N)=O. The lowest BCUT2D eigenvalue weighted by Gasteiger charge is -2.36. The number of anilines is 2. The van der Waals surface area contributed by atoms with Gasteiger partial charge >= 0.3 is 0 Å². The number of pyridine rings is 1. The molecule has 2 heterocycles. The van der Waals surface area contributed by atoms with E-state index >= 15 is 0 Å². The average molecular weight is 263 g/mol. The molecule has 1 aromatic rings. The summed E-state index contributed by atoms with van der Waals surface area (Å²) >= 11 is 0. The van der Waals surface area contributed by atoms with Gasteiger partial charge in [-0.3, -0.25) is 9.69 Å². The smallest absolute Gasteiger partial charge is 0.221 e. The number of nitrogens with zero attached hydrogens (tertiary/aromatic N) is 3. The molecular weight excluding hydrogens is 242 g/mol. The maximum absolute atomic E-state index is 11.1. The lowest BCUT2D eigenvalue weighted by atomic mass is 10.1. The maximum Gasteiger partial charge on any atom is 0.221 e. The predicted octanol–water partition coefficient (Wildman–Crippen LogP) is -0.0928. The molecule has 1 aliphatic rings. The highest BCUT2D eigenvalue weighted by atomic mass is 16.1. The Hall–Kier alpha value is -1.82. The van der Waals surface area contributed by atoms with Crippen molar-refractivity contribution in [2.24, 2.45) is 11.7 Å². The lowest BCUT2D eigenvalue weighted by Crippen LogP contribution is -2.48. The first kappa shape index (κ1) is 13.6. The molecule has 1 atom stereocenters. The van der Waals surface area contributed by atoms with Gasteiger partial charge in [0.2, 0.25) is 5.91 Å². The third kappa shape index (κ3) is 3.57. The number of primary amides is 1. The molecule has 1 aliphatic heterocycles. The first-order chi connectivity index (χ1) is 9.06. The molecule has 1 fully saturated rings. The van der Waals surface area contributed by atoms with Crippen LogP contribution in [0.2, 0.25) is 0 Å². The fraction of sp³-hybridized carbons (Fsp3) is 0.538. The summed E-state index contributed by atoms with van der Waals surface area (Å²) in [5.74, 6) is 0.626. The van der Waals surface area contributed by atoms with Gasteiger partial charge in [0.25, 0.3) is 0 Å². The van der Waals surface area contributed by atoms with Gasteiger partial charge in [-0.25, -0.2) is 4.98 Å². The highest BCUT2D eigenvalue weighted by Crippen LogP contribution is 2.15. The number of nitrogens with two attached hydrogens (primary N) is 2. The molecule has 104 valence electrons. The van der Waals surface area contributed by atoms with E-state index in [0.717, 1.165) is 38.5 Å². The van der Waals surface area contributed by atoms with Crippen molar-refractivity contribution < 1.29 is 4.79 Å². The van der Waals surface area contributed by atoms with E-state index < -0.39 is 0 Å². The fourth-order valence-corrected chi connectivity index (χ4v) is 2.22. The third-order valence-corrected chi connectivity index (χ3v) is 3.48. The Balaban J connectivity index is 1.85. The topological polar surface area (TPSA) is 88.5 Å². The molecule has 6 nitrogen and oxygen atoms in total. The molecule has 1 unspecified atom stereocenters. The number of carbonyl (C=O) groups is 1. The van der Waals surface area contributed by atoms with Crippen molar-refractivity contribution in [1.29, 1.82) is 0 Å². The first-order valence-corrected chi connectivity index (χ1v) is 6.54. The van der Waals surface area contributed by atoms with E-state index in [9.17, 15) is 4.79 Å². The Kier molecular flexibility index (Phi) is 4.21. The van der Waals surface area contributed by atoms with Crippen LogP contribution in [-0.2, 0) is 4.79 Å². The molecule has 0 aliphatic carbocycles. The summed E-state index contributed by atoms with van der Waals surface area (Å²) in [5, 5.41) is 0. The molecule has 0 saturated carbocycles. The second-order valence-corrected chi connectivity index (χ2v) is 5.04. The molecule has 0 radical (unpaired) electrons. The zero-order valence-electron chi connectivity index (χ0n) is 11.2. The number of hydrogen-bond donors (Lipinski definition) is 2. The van der Waals surface area contributed by atoms with Crippen molar-refractivity contribution in [3.63, 3.8) is 0 Å². The number of amides is 1. The van der Waals surface area contributed by atoms with E-state index in [4.69, 9.17) is 11.5 Å². The Morgan fingerprint density at radius 2 is 2.05 bits per heavy atom. The van der Waals surface area contributed by atoms with Crippen LogP contribution in [0.25, 0.3) is 0 Å². The van der Waals surface area contributed by atoms with Crippen molar-refractivity contribution in [1.82, 2.24) is 9.88 Å². The summed E-state index contributed by atoms with van der Waals surface area (Å²) in [6.45, 7) is 6.26. The van der Waals surface area contributed by atoms with Crippen LogP contribution in [-0.4, -0.2) is 48.5 Å². The molecule has 1 amide bonds.